The summed E-state index contributed by atoms with van der Waals surface area (Å²) in [6.07, 6.45) is 0. The minimum Gasteiger partial charge on any atom is -0.379 e. The highest BCUT2D eigenvalue weighted by Gasteiger charge is 2.27. The molecule has 1 aliphatic rings. The Morgan fingerprint density at radius 1 is 1.14 bits per heavy atom. The maximum Gasteiger partial charge on any atom is 0.253 e. The van der Waals surface area contributed by atoms with E-state index in [4.69, 9.17) is 27.9 Å². The van der Waals surface area contributed by atoms with Crippen molar-refractivity contribution in [2.45, 2.75) is 17.9 Å². The number of carbonyl (C=O) groups excluding carboxylic acids is 1. The molecular formula is C19H20Cl2N2O4S. The fourth-order valence-electron chi connectivity index (χ4n) is 2.91. The van der Waals surface area contributed by atoms with Gasteiger partial charge in [-0.2, -0.15) is 4.31 Å². The van der Waals surface area contributed by atoms with E-state index in [2.05, 4.69) is 5.32 Å². The molecule has 0 aromatic heterocycles. The molecule has 6 nitrogen and oxygen atoms in total. The van der Waals surface area contributed by atoms with Crippen LogP contribution in [0.3, 0.4) is 0 Å². The first-order valence-electron chi connectivity index (χ1n) is 8.73. The van der Waals surface area contributed by atoms with E-state index in [1.807, 2.05) is 13.0 Å². The Bertz CT molecular complexity index is 976. The molecule has 1 aliphatic heterocycles. The zero-order valence-corrected chi connectivity index (χ0v) is 17.5. The minimum atomic E-state index is -3.72. The van der Waals surface area contributed by atoms with Crippen LogP contribution in [0, 0.1) is 0 Å². The SMILES string of the molecule is C[C@@H](NC(=O)c1cc(S(=O)(=O)N2CCOCC2)ccc1Cl)c1cccc(Cl)c1. The van der Waals surface area contributed by atoms with Crippen molar-refractivity contribution < 1.29 is 17.9 Å². The summed E-state index contributed by atoms with van der Waals surface area (Å²) >= 11 is 12.2. The minimum absolute atomic E-state index is 0.0272. The van der Waals surface area contributed by atoms with Crippen molar-refractivity contribution in [3.8, 4) is 0 Å². The number of sulfonamides is 1. The number of nitrogens with one attached hydrogen (secondary N) is 1. The molecule has 0 spiro atoms. The molecule has 1 amide bonds. The lowest BCUT2D eigenvalue weighted by Crippen LogP contribution is -2.40. The summed E-state index contributed by atoms with van der Waals surface area (Å²) < 4.78 is 32.2. The number of rotatable bonds is 5. The Labute approximate surface area is 174 Å². The Morgan fingerprint density at radius 3 is 2.54 bits per heavy atom. The number of halogens is 2. The summed E-state index contributed by atoms with van der Waals surface area (Å²) in [6.45, 7) is 3.05. The zero-order valence-electron chi connectivity index (χ0n) is 15.2. The summed E-state index contributed by atoms with van der Waals surface area (Å²) in [5.74, 6) is -0.462. The van der Waals surface area contributed by atoms with E-state index in [9.17, 15) is 13.2 Å². The smallest absolute Gasteiger partial charge is 0.253 e. The monoisotopic (exact) mass is 442 g/mol. The molecule has 150 valence electrons. The van der Waals surface area contributed by atoms with Crippen LogP contribution in [0.15, 0.2) is 47.4 Å². The first-order chi connectivity index (χ1) is 13.3. The largest absolute Gasteiger partial charge is 0.379 e. The van der Waals surface area contributed by atoms with Crippen molar-refractivity contribution in [2.24, 2.45) is 0 Å². The number of amides is 1. The molecule has 28 heavy (non-hydrogen) atoms. The molecule has 1 atom stereocenters. The lowest BCUT2D eigenvalue weighted by molar-refractivity contribution is 0.0730. The Morgan fingerprint density at radius 2 is 1.86 bits per heavy atom. The maximum atomic E-state index is 12.8. The summed E-state index contributed by atoms with van der Waals surface area (Å²) in [7, 11) is -3.72. The highest BCUT2D eigenvalue weighted by molar-refractivity contribution is 7.89. The fourth-order valence-corrected chi connectivity index (χ4v) is 4.75. The molecule has 0 aliphatic carbocycles. The Kier molecular flexibility index (Phi) is 6.62. The Hall–Kier alpha value is -1.64. The number of carbonyl (C=O) groups is 1. The molecule has 2 aromatic rings. The number of nitrogens with zero attached hydrogens (tertiary/aromatic N) is 1. The van der Waals surface area contributed by atoms with Gasteiger partial charge in [0.2, 0.25) is 10.0 Å². The van der Waals surface area contributed by atoms with E-state index in [-0.39, 0.29) is 34.6 Å². The second kappa shape index (κ2) is 8.80. The van der Waals surface area contributed by atoms with Gasteiger partial charge in [-0.15, -0.1) is 0 Å². The van der Waals surface area contributed by atoms with Crippen molar-refractivity contribution in [1.82, 2.24) is 9.62 Å². The fraction of sp³-hybridized carbons (Fsp3) is 0.316. The predicted molar refractivity (Wildman–Crippen MR) is 108 cm³/mol. The van der Waals surface area contributed by atoms with E-state index in [1.165, 1.54) is 22.5 Å². The quantitative estimate of drug-likeness (QED) is 0.768. The third-order valence-corrected chi connectivity index (χ3v) is 6.95. The van der Waals surface area contributed by atoms with Crippen molar-refractivity contribution in [1.29, 1.82) is 0 Å². The third kappa shape index (κ3) is 4.67. The molecule has 1 N–H and O–H groups in total. The summed E-state index contributed by atoms with van der Waals surface area (Å²) in [4.78, 5) is 12.8. The number of hydrogen-bond donors (Lipinski definition) is 1. The second-order valence-electron chi connectivity index (χ2n) is 6.41. The lowest BCUT2D eigenvalue weighted by atomic mass is 10.1. The zero-order chi connectivity index (χ0) is 20.3. The van der Waals surface area contributed by atoms with Gasteiger partial charge < -0.3 is 10.1 Å². The van der Waals surface area contributed by atoms with Gasteiger partial charge in [-0.05, 0) is 42.8 Å². The van der Waals surface area contributed by atoms with Crippen LogP contribution in [-0.4, -0.2) is 44.9 Å². The molecule has 2 aromatic carbocycles. The van der Waals surface area contributed by atoms with Gasteiger partial charge in [-0.25, -0.2) is 8.42 Å². The first kappa shape index (κ1) is 21.1. The van der Waals surface area contributed by atoms with Crippen molar-refractivity contribution >= 4 is 39.1 Å². The van der Waals surface area contributed by atoms with Crippen LogP contribution in [0.2, 0.25) is 10.0 Å². The van der Waals surface area contributed by atoms with Gasteiger partial charge in [0, 0.05) is 18.1 Å². The molecule has 1 fully saturated rings. The van der Waals surface area contributed by atoms with Crippen LogP contribution in [0.1, 0.15) is 28.9 Å². The molecule has 0 bridgehead atoms. The number of hydrogen-bond acceptors (Lipinski definition) is 4. The van der Waals surface area contributed by atoms with Gasteiger partial charge in [0.05, 0.1) is 34.7 Å². The van der Waals surface area contributed by atoms with E-state index in [1.54, 1.807) is 18.2 Å². The molecule has 0 radical (unpaired) electrons. The predicted octanol–water partition coefficient (Wildman–Crippen LogP) is 3.51. The lowest BCUT2D eigenvalue weighted by Gasteiger charge is -2.26. The average Bonchev–Trinajstić information content (AvgIpc) is 2.68. The van der Waals surface area contributed by atoms with Crippen molar-refractivity contribution in [2.75, 3.05) is 26.3 Å². The van der Waals surface area contributed by atoms with E-state index >= 15 is 0 Å². The summed E-state index contributed by atoms with van der Waals surface area (Å²) in [5.41, 5.74) is 0.930. The van der Waals surface area contributed by atoms with Gasteiger partial charge in [0.15, 0.2) is 0 Å². The molecule has 1 saturated heterocycles. The van der Waals surface area contributed by atoms with Crippen LogP contribution < -0.4 is 5.32 Å². The van der Waals surface area contributed by atoms with Crippen LogP contribution in [0.4, 0.5) is 0 Å². The number of morpholine rings is 1. The van der Waals surface area contributed by atoms with Crippen LogP contribution in [0.25, 0.3) is 0 Å². The average molecular weight is 443 g/mol. The highest BCUT2D eigenvalue weighted by Crippen LogP contribution is 2.25. The third-order valence-electron chi connectivity index (χ3n) is 4.49. The van der Waals surface area contributed by atoms with E-state index in [0.717, 1.165) is 5.56 Å². The maximum absolute atomic E-state index is 12.8. The molecular weight excluding hydrogens is 423 g/mol. The van der Waals surface area contributed by atoms with Gasteiger partial charge in [-0.3, -0.25) is 4.79 Å². The van der Waals surface area contributed by atoms with Crippen molar-refractivity contribution in [3.05, 3.63) is 63.6 Å². The highest BCUT2D eigenvalue weighted by atomic mass is 35.5. The second-order valence-corrected chi connectivity index (χ2v) is 9.19. The van der Waals surface area contributed by atoms with E-state index in [0.29, 0.717) is 18.2 Å². The number of benzene rings is 2. The molecule has 0 unspecified atom stereocenters. The topological polar surface area (TPSA) is 75.7 Å². The van der Waals surface area contributed by atoms with Gasteiger partial charge in [0.25, 0.3) is 5.91 Å². The van der Waals surface area contributed by atoms with Crippen LogP contribution in [0.5, 0.6) is 0 Å². The molecule has 1 heterocycles. The summed E-state index contributed by atoms with van der Waals surface area (Å²) in [6, 6.07) is 11.0. The van der Waals surface area contributed by atoms with Crippen LogP contribution in [-0.2, 0) is 14.8 Å². The molecule has 0 saturated carbocycles. The van der Waals surface area contributed by atoms with Crippen LogP contribution >= 0.6 is 23.2 Å². The van der Waals surface area contributed by atoms with Crippen molar-refractivity contribution in [3.63, 3.8) is 0 Å². The van der Waals surface area contributed by atoms with Gasteiger partial charge in [-0.1, -0.05) is 35.3 Å². The normalized spacial score (nSPS) is 16.5. The first-order valence-corrected chi connectivity index (χ1v) is 10.9. The molecule has 9 heteroatoms. The van der Waals surface area contributed by atoms with Gasteiger partial charge >= 0.3 is 0 Å². The number of ether oxygens (including phenoxy) is 1. The summed E-state index contributed by atoms with van der Waals surface area (Å²) in [5, 5.41) is 3.57. The van der Waals surface area contributed by atoms with Gasteiger partial charge in [0.1, 0.15) is 0 Å². The Balaban J connectivity index is 1.83. The van der Waals surface area contributed by atoms with E-state index < -0.39 is 15.9 Å². The standard InChI is InChI=1S/C19H20Cl2N2O4S/c1-13(14-3-2-4-15(20)11-14)22-19(24)17-12-16(5-6-18(17)21)28(25,26)23-7-9-27-10-8-23/h2-6,11-13H,7-10H2,1H3,(H,22,24)/t13-/m1/s1. The molecule has 3 rings (SSSR count).